The molecule has 0 aliphatic rings. The minimum absolute atomic E-state index is 0.230. The Bertz CT molecular complexity index is 952. The van der Waals surface area contributed by atoms with Crippen LogP contribution in [-0.2, 0) is 14.8 Å². The van der Waals surface area contributed by atoms with E-state index in [9.17, 15) is 13.2 Å². The Labute approximate surface area is 166 Å². The number of aryl methyl sites for hydroxylation is 2. The van der Waals surface area contributed by atoms with Crippen LogP contribution < -0.4 is 19.1 Å². The lowest BCUT2D eigenvalue weighted by atomic mass is 10.1. The third-order valence-corrected chi connectivity index (χ3v) is 5.67. The average Bonchev–Trinajstić information content (AvgIpc) is 2.63. The molecule has 0 bridgehead atoms. The fourth-order valence-electron chi connectivity index (χ4n) is 2.99. The highest BCUT2D eigenvalue weighted by Crippen LogP contribution is 2.35. The first-order chi connectivity index (χ1) is 13.1. The first kappa shape index (κ1) is 21.6. The van der Waals surface area contributed by atoms with Gasteiger partial charge in [0.15, 0.2) is 0 Å². The summed E-state index contributed by atoms with van der Waals surface area (Å²) < 4.78 is 36.7. The fraction of sp³-hybridized carbons (Fsp3) is 0.350. The number of benzene rings is 2. The van der Waals surface area contributed by atoms with Crippen LogP contribution in [0.3, 0.4) is 0 Å². The van der Waals surface area contributed by atoms with E-state index in [1.807, 2.05) is 32.0 Å². The van der Waals surface area contributed by atoms with Gasteiger partial charge in [-0.3, -0.25) is 9.10 Å². The van der Waals surface area contributed by atoms with Gasteiger partial charge in [-0.1, -0.05) is 18.2 Å². The number of hydrogen-bond donors (Lipinski definition) is 1. The summed E-state index contributed by atoms with van der Waals surface area (Å²) in [5, 5.41) is 2.85. The minimum Gasteiger partial charge on any atom is -0.497 e. The third kappa shape index (κ3) is 4.56. The highest BCUT2D eigenvalue weighted by molar-refractivity contribution is 7.92. The van der Waals surface area contributed by atoms with Crippen molar-refractivity contribution in [2.24, 2.45) is 0 Å². The molecule has 0 spiro atoms. The van der Waals surface area contributed by atoms with Crippen LogP contribution in [0.4, 0.5) is 11.4 Å². The Morgan fingerprint density at radius 2 is 1.68 bits per heavy atom. The van der Waals surface area contributed by atoms with Gasteiger partial charge < -0.3 is 14.8 Å². The number of sulfonamides is 1. The molecular formula is C20H26N2O5S. The van der Waals surface area contributed by atoms with Crippen molar-refractivity contribution in [2.45, 2.75) is 26.8 Å². The van der Waals surface area contributed by atoms with Gasteiger partial charge in [-0.15, -0.1) is 0 Å². The molecule has 1 amide bonds. The Morgan fingerprint density at radius 1 is 1.07 bits per heavy atom. The molecule has 0 saturated heterocycles. The molecule has 2 aromatic carbocycles. The first-order valence-corrected chi connectivity index (χ1v) is 10.5. The van der Waals surface area contributed by atoms with Gasteiger partial charge in [0.1, 0.15) is 17.5 Å². The summed E-state index contributed by atoms with van der Waals surface area (Å²) in [6.45, 7) is 5.29. The van der Waals surface area contributed by atoms with Crippen molar-refractivity contribution < 1.29 is 22.7 Å². The molecule has 0 aromatic heterocycles. The molecule has 0 aliphatic heterocycles. The van der Waals surface area contributed by atoms with Crippen LogP contribution in [0.5, 0.6) is 11.5 Å². The zero-order valence-corrected chi connectivity index (χ0v) is 17.8. The fourth-order valence-corrected chi connectivity index (χ4v) is 4.16. The zero-order chi connectivity index (χ0) is 21.1. The quantitative estimate of drug-likeness (QED) is 0.764. The van der Waals surface area contributed by atoms with Crippen LogP contribution in [0.25, 0.3) is 0 Å². The van der Waals surface area contributed by atoms with Crippen LogP contribution in [0.1, 0.15) is 18.1 Å². The van der Waals surface area contributed by atoms with E-state index in [0.29, 0.717) is 17.2 Å². The SMILES string of the molecule is COc1ccc(OC)c(N([C@H](C)C(=O)Nc2c(C)cccc2C)S(C)(=O)=O)c1. The van der Waals surface area contributed by atoms with E-state index in [4.69, 9.17) is 9.47 Å². The van der Waals surface area contributed by atoms with Gasteiger partial charge in [-0.2, -0.15) is 0 Å². The van der Waals surface area contributed by atoms with Gasteiger partial charge in [0.2, 0.25) is 15.9 Å². The van der Waals surface area contributed by atoms with Crippen LogP contribution in [0, 0.1) is 13.8 Å². The van der Waals surface area contributed by atoms with E-state index in [-0.39, 0.29) is 5.69 Å². The van der Waals surface area contributed by atoms with Crippen molar-refractivity contribution >= 4 is 27.3 Å². The van der Waals surface area contributed by atoms with Gasteiger partial charge in [-0.25, -0.2) is 8.42 Å². The van der Waals surface area contributed by atoms with Crippen molar-refractivity contribution in [3.05, 3.63) is 47.5 Å². The normalized spacial score (nSPS) is 12.2. The average molecular weight is 407 g/mol. The second-order valence-corrected chi connectivity index (χ2v) is 8.39. The number of nitrogens with zero attached hydrogens (tertiary/aromatic N) is 1. The summed E-state index contributed by atoms with van der Waals surface area (Å²) in [4.78, 5) is 12.9. The Hall–Kier alpha value is -2.74. The summed E-state index contributed by atoms with van der Waals surface area (Å²) in [6, 6.07) is 9.43. The number of carbonyl (C=O) groups excluding carboxylic acids is 1. The summed E-state index contributed by atoms with van der Waals surface area (Å²) in [6.07, 6.45) is 1.05. The molecule has 7 nitrogen and oxygen atoms in total. The molecule has 0 saturated carbocycles. The Kier molecular flexibility index (Phi) is 6.56. The molecule has 0 radical (unpaired) electrons. The minimum atomic E-state index is -3.80. The molecule has 0 unspecified atom stereocenters. The van der Waals surface area contributed by atoms with Crippen molar-refractivity contribution in [2.75, 3.05) is 30.1 Å². The number of para-hydroxylation sites is 1. The van der Waals surface area contributed by atoms with E-state index in [0.717, 1.165) is 21.7 Å². The van der Waals surface area contributed by atoms with E-state index in [1.165, 1.54) is 27.2 Å². The van der Waals surface area contributed by atoms with Gasteiger partial charge in [0.25, 0.3) is 0 Å². The molecule has 28 heavy (non-hydrogen) atoms. The van der Waals surface area contributed by atoms with Crippen LogP contribution in [-0.4, -0.2) is 40.8 Å². The number of hydrogen-bond acceptors (Lipinski definition) is 5. The van der Waals surface area contributed by atoms with Crippen molar-refractivity contribution in [1.82, 2.24) is 0 Å². The lowest BCUT2D eigenvalue weighted by molar-refractivity contribution is -0.116. The number of carbonyl (C=O) groups is 1. The highest BCUT2D eigenvalue weighted by atomic mass is 32.2. The maximum Gasteiger partial charge on any atom is 0.248 e. The lowest BCUT2D eigenvalue weighted by Crippen LogP contribution is -2.45. The number of nitrogens with one attached hydrogen (secondary N) is 1. The van der Waals surface area contributed by atoms with Crippen molar-refractivity contribution in [3.63, 3.8) is 0 Å². The monoisotopic (exact) mass is 406 g/mol. The summed E-state index contributed by atoms with van der Waals surface area (Å²) in [5.74, 6) is 0.317. The number of rotatable bonds is 7. The van der Waals surface area contributed by atoms with Gasteiger partial charge >= 0.3 is 0 Å². The number of methoxy groups -OCH3 is 2. The second kappa shape index (κ2) is 8.52. The lowest BCUT2D eigenvalue weighted by Gasteiger charge is -2.30. The molecule has 1 N–H and O–H groups in total. The smallest absolute Gasteiger partial charge is 0.248 e. The predicted molar refractivity (Wildman–Crippen MR) is 111 cm³/mol. The molecular weight excluding hydrogens is 380 g/mol. The van der Waals surface area contributed by atoms with Gasteiger partial charge in [0.05, 0.1) is 26.2 Å². The molecule has 0 fully saturated rings. The molecule has 8 heteroatoms. The van der Waals surface area contributed by atoms with Crippen molar-refractivity contribution in [1.29, 1.82) is 0 Å². The van der Waals surface area contributed by atoms with Gasteiger partial charge in [-0.05, 0) is 44.0 Å². The molecule has 0 heterocycles. The summed E-state index contributed by atoms with van der Waals surface area (Å²) in [5.41, 5.74) is 2.69. The van der Waals surface area contributed by atoms with E-state index < -0.39 is 22.0 Å². The highest BCUT2D eigenvalue weighted by Gasteiger charge is 2.32. The Balaban J connectivity index is 2.48. The van der Waals surface area contributed by atoms with Gasteiger partial charge in [0, 0.05) is 11.8 Å². The molecule has 2 aromatic rings. The molecule has 2 rings (SSSR count). The standard InChI is InChI=1S/C20H26N2O5S/c1-13-8-7-9-14(2)19(13)21-20(23)15(3)22(28(6,24)25)17-12-16(26-4)10-11-18(17)27-5/h7-12,15H,1-6H3,(H,21,23)/t15-/m1/s1. The topological polar surface area (TPSA) is 84.9 Å². The summed E-state index contributed by atoms with van der Waals surface area (Å²) >= 11 is 0. The summed E-state index contributed by atoms with van der Waals surface area (Å²) in [7, 11) is -0.878. The first-order valence-electron chi connectivity index (χ1n) is 8.68. The maximum atomic E-state index is 12.9. The largest absolute Gasteiger partial charge is 0.497 e. The van der Waals surface area contributed by atoms with Crippen LogP contribution >= 0.6 is 0 Å². The van der Waals surface area contributed by atoms with Crippen LogP contribution in [0.15, 0.2) is 36.4 Å². The van der Waals surface area contributed by atoms with E-state index in [2.05, 4.69) is 5.32 Å². The number of amides is 1. The third-order valence-electron chi connectivity index (χ3n) is 4.44. The number of ether oxygens (including phenoxy) is 2. The molecule has 152 valence electrons. The van der Waals surface area contributed by atoms with E-state index >= 15 is 0 Å². The molecule has 1 atom stereocenters. The van der Waals surface area contributed by atoms with E-state index in [1.54, 1.807) is 12.1 Å². The Morgan fingerprint density at radius 3 is 2.18 bits per heavy atom. The van der Waals surface area contributed by atoms with Crippen molar-refractivity contribution in [3.8, 4) is 11.5 Å². The zero-order valence-electron chi connectivity index (χ0n) is 16.9. The van der Waals surface area contributed by atoms with Crippen LogP contribution in [0.2, 0.25) is 0 Å². The number of anilines is 2. The molecule has 0 aliphatic carbocycles. The maximum absolute atomic E-state index is 12.9. The second-order valence-electron chi connectivity index (χ2n) is 6.53. The predicted octanol–water partition coefficient (Wildman–Crippen LogP) is 3.11.